The van der Waals surface area contributed by atoms with E-state index in [1.165, 1.54) is 13.3 Å². The zero-order chi connectivity index (χ0) is 13.7. The van der Waals surface area contributed by atoms with Crippen molar-refractivity contribution >= 4 is 12.0 Å². The van der Waals surface area contributed by atoms with Gasteiger partial charge in [0.1, 0.15) is 18.2 Å². The van der Waals surface area contributed by atoms with Crippen LogP contribution in [0.4, 0.5) is 4.79 Å². The number of rotatable bonds is 5. The number of hydrogen-bond acceptors (Lipinski definition) is 4. The molecule has 0 radical (unpaired) electrons. The highest BCUT2D eigenvalue weighted by Gasteiger charge is 2.14. The van der Waals surface area contributed by atoms with E-state index >= 15 is 0 Å². The summed E-state index contributed by atoms with van der Waals surface area (Å²) in [6, 6.07) is -1.35. The summed E-state index contributed by atoms with van der Waals surface area (Å²) in [5, 5.41) is 17.5. The summed E-state index contributed by atoms with van der Waals surface area (Å²) in [6.07, 6.45) is 1.41. The molecule has 0 bridgehead atoms. The summed E-state index contributed by atoms with van der Waals surface area (Å²) < 4.78 is 1.68. The Morgan fingerprint density at radius 2 is 2.11 bits per heavy atom. The Bertz CT molecular complexity index is 429. The first-order valence-electron chi connectivity index (χ1n) is 5.57. The molecule has 0 spiro atoms. The van der Waals surface area contributed by atoms with E-state index in [9.17, 15) is 9.59 Å². The van der Waals surface area contributed by atoms with Crippen LogP contribution in [0.15, 0.2) is 6.33 Å². The molecule has 1 aromatic heterocycles. The zero-order valence-electron chi connectivity index (χ0n) is 10.5. The molecule has 100 valence electrons. The van der Waals surface area contributed by atoms with Crippen LogP contribution < -0.4 is 10.6 Å². The molecule has 18 heavy (non-hydrogen) atoms. The molecule has 0 fully saturated rings. The third-order valence-electron chi connectivity index (χ3n) is 2.26. The lowest BCUT2D eigenvalue weighted by atomic mass is 10.3. The van der Waals surface area contributed by atoms with Crippen molar-refractivity contribution in [2.75, 3.05) is 0 Å². The van der Waals surface area contributed by atoms with Gasteiger partial charge in [-0.3, -0.25) is 4.79 Å². The Balaban J connectivity index is 2.47. The molecule has 0 saturated heterocycles. The SMILES string of the molecule is CC(NC(=O)NCc1ncnn1C(C)C)C(=O)O. The van der Waals surface area contributed by atoms with Crippen molar-refractivity contribution in [1.82, 2.24) is 25.4 Å². The molecule has 0 aromatic carbocycles. The maximum absolute atomic E-state index is 11.4. The summed E-state index contributed by atoms with van der Waals surface area (Å²) in [7, 11) is 0. The van der Waals surface area contributed by atoms with Crippen molar-refractivity contribution in [2.24, 2.45) is 0 Å². The fourth-order valence-corrected chi connectivity index (χ4v) is 1.30. The molecule has 0 aliphatic rings. The zero-order valence-corrected chi connectivity index (χ0v) is 10.5. The molecule has 3 N–H and O–H groups in total. The van der Waals surface area contributed by atoms with Crippen molar-refractivity contribution in [3.8, 4) is 0 Å². The van der Waals surface area contributed by atoms with Crippen molar-refractivity contribution < 1.29 is 14.7 Å². The van der Waals surface area contributed by atoms with Gasteiger partial charge in [0.2, 0.25) is 0 Å². The Labute approximate surface area is 104 Å². The lowest BCUT2D eigenvalue weighted by molar-refractivity contribution is -0.138. The summed E-state index contributed by atoms with van der Waals surface area (Å²) in [5.41, 5.74) is 0. The maximum atomic E-state index is 11.4. The minimum absolute atomic E-state index is 0.144. The first-order chi connectivity index (χ1) is 8.41. The number of carboxylic acids is 1. The third-order valence-corrected chi connectivity index (χ3v) is 2.26. The average molecular weight is 255 g/mol. The van der Waals surface area contributed by atoms with Gasteiger partial charge in [0.25, 0.3) is 0 Å². The van der Waals surface area contributed by atoms with E-state index in [-0.39, 0.29) is 12.6 Å². The quantitative estimate of drug-likeness (QED) is 0.693. The van der Waals surface area contributed by atoms with Crippen LogP contribution >= 0.6 is 0 Å². The fourth-order valence-electron chi connectivity index (χ4n) is 1.30. The number of aromatic nitrogens is 3. The van der Waals surface area contributed by atoms with Crippen molar-refractivity contribution in [3.63, 3.8) is 0 Å². The first-order valence-corrected chi connectivity index (χ1v) is 5.57. The number of urea groups is 1. The highest BCUT2D eigenvalue weighted by atomic mass is 16.4. The van der Waals surface area contributed by atoms with Crippen LogP contribution in [-0.4, -0.2) is 37.9 Å². The molecular formula is C10H17N5O3. The number of carbonyl (C=O) groups is 2. The summed E-state index contributed by atoms with van der Waals surface area (Å²) in [6.45, 7) is 5.48. The Kier molecular flexibility index (Phi) is 4.64. The third kappa shape index (κ3) is 3.72. The summed E-state index contributed by atoms with van der Waals surface area (Å²) >= 11 is 0. The van der Waals surface area contributed by atoms with Crippen molar-refractivity contribution in [2.45, 2.75) is 39.4 Å². The predicted octanol–water partition coefficient (Wildman–Crippen LogP) is 0.131. The van der Waals surface area contributed by atoms with Gasteiger partial charge in [0.05, 0.1) is 6.54 Å². The highest BCUT2D eigenvalue weighted by molar-refractivity contribution is 5.81. The maximum Gasteiger partial charge on any atom is 0.325 e. The summed E-state index contributed by atoms with van der Waals surface area (Å²) in [4.78, 5) is 26.0. The molecule has 0 aliphatic heterocycles. The normalized spacial score (nSPS) is 12.2. The van der Waals surface area contributed by atoms with Crippen LogP contribution in [-0.2, 0) is 11.3 Å². The largest absolute Gasteiger partial charge is 0.480 e. The molecule has 8 nitrogen and oxygen atoms in total. The van der Waals surface area contributed by atoms with Crippen LogP contribution in [0.3, 0.4) is 0 Å². The van der Waals surface area contributed by atoms with Crippen LogP contribution in [0.2, 0.25) is 0 Å². The van der Waals surface area contributed by atoms with Gasteiger partial charge in [-0.15, -0.1) is 0 Å². The molecule has 1 heterocycles. The van der Waals surface area contributed by atoms with E-state index in [1.807, 2.05) is 13.8 Å². The smallest absolute Gasteiger partial charge is 0.325 e. The van der Waals surface area contributed by atoms with E-state index in [0.717, 1.165) is 0 Å². The molecule has 1 aromatic rings. The van der Waals surface area contributed by atoms with E-state index < -0.39 is 18.0 Å². The van der Waals surface area contributed by atoms with E-state index in [1.54, 1.807) is 4.68 Å². The lowest BCUT2D eigenvalue weighted by Gasteiger charge is -2.12. The predicted molar refractivity (Wildman–Crippen MR) is 62.9 cm³/mol. The second kappa shape index (κ2) is 5.99. The Morgan fingerprint density at radius 1 is 1.44 bits per heavy atom. The van der Waals surface area contributed by atoms with Gasteiger partial charge in [-0.25, -0.2) is 14.5 Å². The molecule has 1 atom stereocenters. The molecule has 0 saturated carbocycles. The van der Waals surface area contributed by atoms with Gasteiger partial charge in [0, 0.05) is 6.04 Å². The average Bonchev–Trinajstić information content (AvgIpc) is 2.74. The van der Waals surface area contributed by atoms with Crippen molar-refractivity contribution in [3.05, 3.63) is 12.2 Å². The van der Waals surface area contributed by atoms with Gasteiger partial charge in [-0.05, 0) is 20.8 Å². The minimum Gasteiger partial charge on any atom is -0.480 e. The van der Waals surface area contributed by atoms with Gasteiger partial charge in [-0.1, -0.05) is 0 Å². The standard InChI is InChI=1S/C10H17N5O3/c1-6(2)15-8(12-5-13-15)4-11-10(18)14-7(3)9(16)17/h5-7H,4H2,1-3H3,(H,16,17)(H2,11,14,18). The molecule has 0 aliphatic carbocycles. The van der Waals surface area contributed by atoms with E-state index in [4.69, 9.17) is 5.11 Å². The van der Waals surface area contributed by atoms with Crippen LogP contribution in [0, 0.1) is 0 Å². The second-order valence-corrected chi connectivity index (χ2v) is 4.10. The van der Waals surface area contributed by atoms with Gasteiger partial charge in [0.15, 0.2) is 0 Å². The number of nitrogens with zero attached hydrogens (tertiary/aromatic N) is 3. The number of carboxylic acid groups (broad SMARTS) is 1. The fraction of sp³-hybridized carbons (Fsp3) is 0.600. The Morgan fingerprint density at radius 3 is 2.67 bits per heavy atom. The number of hydrogen-bond donors (Lipinski definition) is 3. The Hall–Kier alpha value is -2.12. The van der Waals surface area contributed by atoms with Crippen LogP contribution in [0.1, 0.15) is 32.6 Å². The minimum atomic E-state index is -1.09. The van der Waals surface area contributed by atoms with Crippen molar-refractivity contribution in [1.29, 1.82) is 0 Å². The molecule has 1 rings (SSSR count). The topological polar surface area (TPSA) is 109 Å². The number of carbonyl (C=O) groups excluding carboxylic acids is 1. The second-order valence-electron chi connectivity index (χ2n) is 4.10. The van der Waals surface area contributed by atoms with Crippen LogP contribution in [0.25, 0.3) is 0 Å². The summed E-state index contributed by atoms with van der Waals surface area (Å²) in [5.74, 6) is -0.473. The lowest BCUT2D eigenvalue weighted by Crippen LogP contribution is -2.44. The first kappa shape index (κ1) is 13.9. The van der Waals surface area contributed by atoms with E-state index in [0.29, 0.717) is 5.82 Å². The highest BCUT2D eigenvalue weighted by Crippen LogP contribution is 2.04. The number of amides is 2. The monoisotopic (exact) mass is 255 g/mol. The molecule has 1 unspecified atom stereocenters. The van der Waals surface area contributed by atoms with E-state index in [2.05, 4.69) is 20.7 Å². The number of nitrogens with one attached hydrogen (secondary N) is 2. The van der Waals surface area contributed by atoms with Gasteiger partial charge in [-0.2, -0.15) is 5.10 Å². The molecular weight excluding hydrogens is 238 g/mol. The van der Waals surface area contributed by atoms with Crippen LogP contribution in [0.5, 0.6) is 0 Å². The molecule has 8 heteroatoms. The van der Waals surface area contributed by atoms with Gasteiger partial charge >= 0.3 is 12.0 Å². The van der Waals surface area contributed by atoms with Gasteiger partial charge < -0.3 is 15.7 Å². The molecule has 2 amide bonds. The number of aliphatic carboxylic acids is 1.